The summed E-state index contributed by atoms with van der Waals surface area (Å²) in [6, 6.07) is 6.65. The molecule has 0 unspecified atom stereocenters. The number of carbonyl (C=O) groups is 1. The molecule has 9 nitrogen and oxygen atoms in total. The fourth-order valence-electron chi connectivity index (χ4n) is 2.05. The number of nitrogens with one attached hydrogen (secondary N) is 4. The number of aliphatic imine (C=N–C) groups is 1. The smallest absolute Gasteiger partial charge is 0.407 e. The number of sulfonamides is 1. The lowest BCUT2D eigenvalue weighted by Gasteiger charge is -2.20. The van der Waals surface area contributed by atoms with Crippen molar-refractivity contribution in [1.82, 2.24) is 20.7 Å². The van der Waals surface area contributed by atoms with Gasteiger partial charge in [-0.05, 0) is 39.8 Å². The first-order chi connectivity index (χ1) is 13.0. The Balaban J connectivity index is 2.28. The third-order valence-electron chi connectivity index (χ3n) is 3.35. The second-order valence-corrected chi connectivity index (χ2v) is 8.83. The summed E-state index contributed by atoms with van der Waals surface area (Å²) in [5, 5.41) is 8.64. The van der Waals surface area contributed by atoms with Gasteiger partial charge in [-0.2, -0.15) is 0 Å². The van der Waals surface area contributed by atoms with Gasteiger partial charge in [0.1, 0.15) is 5.60 Å². The minimum atomic E-state index is -3.54. The second kappa shape index (κ2) is 10.9. The lowest BCUT2D eigenvalue weighted by Crippen LogP contribution is -2.44. The normalized spacial score (nSPS) is 12.4. The van der Waals surface area contributed by atoms with E-state index in [2.05, 4.69) is 25.7 Å². The molecule has 0 heterocycles. The zero-order valence-corrected chi connectivity index (χ0v) is 17.9. The second-order valence-electron chi connectivity index (χ2n) is 7.07. The average molecular weight is 414 g/mol. The zero-order valence-electron chi connectivity index (χ0n) is 17.1. The van der Waals surface area contributed by atoms with Crippen LogP contribution in [-0.4, -0.2) is 59.3 Å². The van der Waals surface area contributed by atoms with Crippen LogP contribution >= 0.6 is 0 Å². The van der Waals surface area contributed by atoms with Crippen molar-refractivity contribution in [2.24, 2.45) is 4.99 Å². The van der Waals surface area contributed by atoms with Gasteiger partial charge in [0.25, 0.3) is 0 Å². The van der Waals surface area contributed by atoms with Gasteiger partial charge in [0.2, 0.25) is 10.0 Å². The minimum Gasteiger partial charge on any atom is -0.444 e. The molecule has 0 bridgehead atoms. The molecule has 158 valence electrons. The lowest BCUT2D eigenvalue weighted by molar-refractivity contribution is 0.0529. The van der Waals surface area contributed by atoms with Crippen molar-refractivity contribution in [3.05, 3.63) is 29.8 Å². The summed E-state index contributed by atoms with van der Waals surface area (Å²) in [6.07, 6.45) is -0.484. The molecule has 0 aliphatic carbocycles. The van der Waals surface area contributed by atoms with Gasteiger partial charge in [0.05, 0.1) is 4.90 Å². The molecule has 0 aliphatic rings. The molecule has 10 heteroatoms. The molecule has 0 saturated heterocycles. The van der Waals surface area contributed by atoms with Crippen molar-refractivity contribution < 1.29 is 17.9 Å². The van der Waals surface area contributed by atoms with Crippen LogP contribution in [0.2, 0.25) is 0 Å². The molecule has 0 spiro atoms. The molecule has 0 atom stereocenters. The highest BCUT2D eigenvalue weighted by atomic mass is 32.2. The summed E-state index contributed by atoms with van der Waals surface area (Å²) in [6.45, 7) is 8.63. The van der Waals surface area contributed by atoms with Gasteiger partial charge in [-0.1, -0.05) is 17.7 Å². The number of guanidine groups is 1. The van der Waals surface area contributed by atoms with E-state index < -0.39 is 21.7 Å². The van der Waals surface area contributed by atoms with Crippen LogP contribution in [0.15, 0.2) is 34.2 Å². The van der Waals surface area contributed by atoms with E-state index in [1.54, 1.807) is 52.1 Å². The van der Waals surface area contributed by atoms with Crippen molar-refractivity contribution in [1.29, 1.82) is 0 Å². The van der Waals surface area contributed by atoms with Crippen LogP contribution in [0.4, 0.5) is 4.79 Å². The summed E-state index contributed by atoms with van der Waals surface area (Å²) in [5.74, 6) is 0.500. The van der Waals surface area contributed by atoms with Crippen molar-refractivity contribution in [2.45, 2.75) is 38.2 Å². The van der Waals surface area contributed by atoms with E-state index in [1.807, 2.05) is 6.92 Å². The van der Waals surface area contributed by atoms with Gasteiger partial charge in [-0.15, -0.1) is 0 Å². The van der Waals surface area contributed by atoms with Crippen LogP contribution in [0.5, 0.6) is 0 Å². The van der Waals surface area contributed by atoms with Crippen LogP contribution in [-0.2, 0) is 14.8 Å². The lowest BCUT2D eigenvalue weighted by atomic mass is 10.2. The van der Waals surface area contributed by atoms with Crippen molar-refractivity contribution >= 4 is 22.1 Å². The third-order valence-corrected chi connectivity index (χ3v) is 4.83. The number of hydrogen-bond donors (Lipinski definition) is 4. The number of nitrogens with zero attached hydrogens (tertiary/aromatic N) is 1. The van der Waals surface area contributed by atoms with Crippen molar-refractivity contribution in [3.63, 3.8) is 0 Å². The number of ether oxygens (including phenoxy) is 1. The first-order valence-corrected chi connectivity index (χ1v) is 10.5. The quantitative estimate of drug-likeness (QED) is 0.286. The monoisotopic (exact) mass is 413 g/mol. The van der Waals surface area contributed by atoms with Crippen LogP contribution in [0.3, 0.4) is 0 Å². The van der Waals surface area contributed by atoms with Crippen LogP contribution in [0.1, 0.15) is 26.3 Å². The fraction of sp³-hybridized carbons (Fsp3) is 0.556. The topological polar surface area (TPSA) is 121 Å². The zero-order chi connectivity index (χ0) is 21.2. The van der Waals surface area contributed by atoms with Gasteiger partial charge in [-0.3, -0.25) is 4.99 Å². The van der Waals surface area contributed by atoms with E-state index in [4.69, 9.17) is 4.74 Å². The molecule has 0 aromatic heterocycles. The Morgan fingerprint density at radius 2 is 1.54 bits per heavy atom. The SMILES string of the molecule is CN=C(NCCNC(=O)OC(C)(C)C)NCCNS(=O)(=O)c1ccc(C)cc1. The Hall–Kier alpha value is -2.33. The van der Waals surface area contributed by atoms with Gasteiger partial charge >= 0.3 is 6.09 Å². The Labute approximate surface area is 167 Å². The van der Waals surface area contributed by atoms with Crippen molar-refractivity contribution in [3.8, 4) is 0 Å². The maximum Gasteiger partial charge on any atom is 0.407 e. The molecular weight excluding hydrogens is 382 g/mol. The highest BCUT2D eigenvalue weighted by Crippen LogP contribution is 2.09. The largest absolute Gasteiger partial charge is 0.444 e. The van der Waals surface area contributed by atoms with Gasteiger partial charge in [0, 0.05) is 33.2 Å². The predicted octanol–water partition coefficient (Wildman–Crippen LogP) is 0.963. The van der Waals surface area contributed by atoms with E-state index in [1.165, 1.54) is 0 Å². The van der Waals surface area contributed by atoms with Gasteiger partial charge in [0.15, 0.2) is 5.96 Å². The summed E-state index contributed by atoms with van der Waals surface area (Å²) in [4.78, 5) is 15.8. The number of carbonyl (C=O) groups excluding carboxylic acids is 1. The van der Waals surface area contributed by atoms with Crippen LogP contribution in [0.25, 0.3) is 0 Å². The summed E-state index contributed by atoms with van der Waals surface area (Å²) in [7, 11) is -1.93. The van der Waals surface area contributed by atoms with E-state index in [9.17, 15) is 13.2 Å². The van der Waals surface area contributed by atoms with Gasteiger partial charge in [-0.25, -0.2) is 17.9 Å². The molecule has 1 aromatic rings. The first kappa shape index (κ1) is 23.7. The predicted molar refractivity (Wildman–Crippen MR) is 110 cm³/mol. The molecule has 1 aromatic carbocycles. The number of rotatable bonds is 8. The van der Waals surface area contributed by atoms with Crippen molar-refractivity contribution in [2.75, 3.05) is 33.2 Å². The number of aryl methyl sites for hydroxylation is 1. The maximum absolute atomic E-state index is 12.2. The third kappa shape index (κ3) is 9.56. The minimum absolute atomic E-state index is 0.201. The summed E-state index contributed by atoms with van der Waals surface area (Å²) < 4.78 is 32.1. The molecule has 0 saturated carbocycles. The van der Waals surface area contributed by atoms with E-state index in [-0.39, 0.29) is 11.4 Å². The number of benzene rings is 1. The number of alkyl carbamates (subject to hydrolysis) is 1. The average Bonchev–Trinajstić information content (AvgIpc) is 2.59. The van der Waals surface area contributed by atoms with E-state index in [0.29, 0.717) is 25.6 Å². The molecule has 0 radical (unpaired) electrons. The fourth-order valence-corrected chi connectivity index (χ4v) is 3.08. The molecule has 4 N–H and O–H groups in total. The molecular formula is C18H31N5O4S. The Morgan fingerprint density at radius 3 is 2.07 bits per heavy atom. The van der Waals surface area contributed by atoms with E-state index in [0.717, 1.165) is 5.56 Å². The highest BCUT2D eigenvalue weighted by Gasteiger charge is 2.15. The Bertz CT molecular complexity index is 755. The highest BCUT2D eigenvalue weighted by molar-refractivity contribution is 7.89. The molecule has 0 aliphatic heterocycles. The standard InChI is InChI=1S/C18H31N5O4S/c1-14-6-8-15(9-7-14)28(25,26)23-13-12-21-16(19-5)20-10-11-22-17(24)27-18(2,3)4/h6-9,23H,10-13H2,1-5H3,(H,22,24)(H2,19,20,21). The molecule has 1 rings (SSSR count). The van der Waals surface area contributed by atoms with E-state index >= 15 is 0 Å². The van der Waals surface area contributed by atoms with Crippen LogP contribution < -0.4 is 20.7 Å². The summed E-state index contributed by atoms with van der Waals surface area (Å²) in [5.41, 5.74) is 0.456. The Morgan fingerprint density at radius 1 is 1.00 bits per heavy atom. The molecule has 1 amide bonds. The van der Waals surface area contributed by atoms with Gasteiger partial charge < -0.3 is 20.7 Å². The number of hydrogen-bond acceptors (Lipinski definition) is 5. The van der Waals surface area contributed by atoms with Crippen LogP contribution in [0, 0.1) is 6.92 Å². The summed E-state index contributed by atoms with van der Waals surface area (Å²) >= 11 is 0. The Kier molecular flexibility index (Phi) is 9.20. The first-order valence-electron chi connectivity index (χ1n) is 9.01. The molecule has 0 fully saturated rings. The number of amides is 1. The maximum atomic E-state index is 12.2. The molecule has 28 heavy (non-hydrogen) atoms.